The Morgan fingerprint density at radius 2 is 1.89 bits per heavy atom. The first-order chi connectivity index (χ1) is 9.06. The smallest absolute Gasteiger partial charge is 0.335 e. The lowest BCUT2D eigenvalue weighted by Crippen LogP contribution is -2.39. The number of hydrogen-bond donors (Lipinski definition) is 3. The average molecular weight is 262 g/mol. The number of amides is 2. The lowest BCUT2D eigenvalue weighted by atomic mass is 10.1. The maximum atomic E-state index is 11.8. The van der Waals surface area contributed by atoms with Crippen LogP contribution in [0.15, 0.2) is 24.3 Å². The number of nitrogens with one attached hydrogen (secondary N) is 2. The molecule has 1 aliphatic carbocycles. The Morgan fingerprint density at radius 3 is 2.42 bits per heavy atom. The molecule has 3 N–H and O–H groups in total. The van der Waals surface area contributed by atoms with Gasteiger partial charge in [-0.25, -0.2) is 9.59 Å². The maximum Gasteiger partial charge on any atom is 0.335 e. The average Bonchev–Trinajstić information content (AvgIpc) is 2.75. The van der Waals surface area contributed by atoms with E-state index < -0.39 is 5.97 Å². The summed E-state index contributed by atoms with van der Waals surface area (Å²) in [7, 11) is 0. The highest BCUT2D eigenvalue weighted by atomic mass is 16.4. The van der Waals surface area contributed by atoms with E-state index in [1.165, 1.54) is 12.1 Å². The molecule has 1 aliphatic rings. The standard InChI is InChI=1S/C14H18N2O3/c1-9-3-2-4-12(9)16-14(19)15-11-7-5-10(6-8-11)13(17)18/h5-9,12H,2-4H2,1H3,(H,17,18)(H2,15,16,19). The highest BCUT2D eigenvalue weighted by Crippen LogP contribution is 2.24. The molecule has 5 nitrogen and oxygen atoms in total. The largest absolute Gasteiger partial charge is 0.478 e. The summed E-state index contributed by atoms with van der Waals surface area (Å²) in [5.41, 5.74) is 0.795. The minimum atomic E-state index is -0.976. The van der Waals surface area contributed by atoms with Crippen molar-refractivity contribution in [1.29, 1.82) is 0 Å². The third kappa shape index (κ3) is 3.47. The van der Waals surface area contributed by atoms with E-state index in [0.29, 0.717) is 11.6 Å². The second-order valence-corrected chi connectivity index (χ2v) is 5.00. The van der Waals surface area contributed by atoms with Crippen molar-refractivity contribution in [2.45, 2.75) is 32.2 Å². The van der Waals surface area contributed by atoms with Gasteiger partial charge in [0.1, 0.15) is 0 Å². The molecule has 0 radical (unpaired) electrons. The molecule has 1 saturated carbocycles. The van der Waals surface area contributed by atoms with Crippen molar-refractivity contribution in [3.05, 3.63) is 29.8 Å². The van der Waals surface area contributed by atoms with Crippen LogP contribution in [0.3, 0.4) is 0 Å². The van der Waals surface area contributed by atoms with Crippen LogP contribution in [0.1, 0.15) is 36.5 Å². The van der Waals surface area contributed by atoms with Gasteiger partial charge in [-0.05, 0) is 43.0 Å². The minimum absolute atomic E-state index is 0.204. The first-order valence-corrected chi connectivity index (χ1v) is 6.47. The number of carboxylic acids is 1. The molecule has 2 amide bonds. The van der Waals surface area contributed by atoms with Crippen LogP contribution in [-0.2, 0) is 0 Å². The van der Waals surface area contributed by atoms with Crippen LogP contribution in [0, 0.1) is 5.92 Å². The van der Waals surface area contributed by atoms with Gasteiger partial charge in [0.25, 0.3) is 0 Å². The van der Waals surface area contributed by atoms with Crippen LogP contribution in [0.25, 0.3) is 0 Å². The highest BCUT2D eigenvalue weighted by Gasteiger charge is 2.24. The molecule has 1 aromatic carbocycles. The van der Waals surface area contributed by atoms with Crippen LogP contribution < -0.4 is 10.6 Å². The van der Waals surface area contributed by atoms with Crippen molar-refractivity contribution in [1.82, 2.24) is 5.32 Å². The Bertz CT molecular complexity index is 470. The Labute approximate surface area is 112 Å². The van der Waals surface area contributed by atoms with E-state index >= 15 is 0 Å². The van der Waals surface area contributed by atoms with Gasteiger partial charge in [0.05, 0.1) is 5.56 Å². The molecule has 0 aliphatic heterocycles. The second-order valence-electron chi connectivity index (χ2n) is 5.00. The Balaban J connectivity index is 1.89. The zero-order valence-electron chi connectivity index (χ0n) is 10.8. The molecule has 5 heteroatoms. The summed E-state index contributed by atoms with van der Waals surface area (Å²) in [6, 6.07) is 6.11. The van der Waals surface area contributed by atoms with Gasteiger partial charge >= 0.3 is 12.0 Å². The molecule has 2 unspecified atom stereocenters. The quantitative estimate of drug-likeness (QED) is 0.783. The number of carbonyl (C=O) groups excluding carboxylic acids is 1. The molecule has 1 aromatic rings. The van der Waals surface area contributed by atoms with E-state index in [0.717, 1.165) is 19.3 Å². The highest BCUT2D eigenvalue weighted by molar-refractivity contribution is 5.91. The van der Waals surface area contributed by atoms with Crippen LogP contribution >= 0.6 is 0 Å². The van der Waals surface area contributed by atoms with Gasteiger partial charge in [0.15, 0.2) is 0 Å². The molecule has 0 heterocycles. The van der Waals surface area contributed by atoms with Crippen molar-refractivity contribution in [3.63, 3.8) is 0 Å². The number of hydrogen-bond acceptors (Lipinski definition) is 2. The Kier molecular flexibility index (Phi) is 4.04. The summed E-state index contributed by atoms with van der Waals surface area (Å²) in [6.45, 7) is 2.14. The van der Waals surface area contributed by atoms with Crippen LogP contribution in [0.5, 0.6) is 0 Å². The fourth-order valence-corrected chi connectivity index (χ4v) is 2.39. The first kappa shape index (κ1) is 13.4. The van der Waals surface area contributed by atoms with E-state index in [9.17, 15) is 9.59 Å². The molecule has 0 aromatic heterocycles. The minimum Gasteiger partial charge on any atom is -0.478 e. The Morgan fingerprint density at radius 1 is 1.21 bits per heavy atom. The zero-order valence-corrected chi connectivity index (χ0v) is 10.8. The fraction of sp³-hybridized carbons (Fsp3) is 0.429. The number of carbonyl (C=O) groups is 2. The number of anilines is 1. The topological polar surface area (TPSA) is 78.4 Å². The van der Waals surface area contributed by atoms with Crippen molar-refractivity contribution in [3.8, 4) is 0 Å². The molecule has 2 atom stereocenters. The zero-order chi connectivity index (χ0) is 13.8. The van der Waals surface area contributed by atoms with Crippen molar-refractivity contribution >= 4 is 17.7 Å². The molecule has 0 saturated heterocycles. The monoisotopic (exact) mass is 262 g/mol. The third-order valence-corrected chi connectivity index (χ3v) is 3.57. The molecule has 19 heavy (non-hydrogen) atoms. The van der Waals surface area contributed by atoms with E-state index in [4.69, 9.17) is 5.11 Å². The number of carboxylic acid groups (broad SMARTS) is 1. The van der Waals surface area contributed by atoms with Crippen LogP contribution in [0.4, 0.5) is 10.5 Å². The summed E-state index contributed by atoms with van der Waals surface area (Å²) >= 11 is 0. The molecule has 0 bridgehead atoms. The number of rotatable bonds is 3. The molecular weight excluding hydrogens is 244 g/mol. The number of benzene rings is 1. The van der Waals surface area contributed by atoms with Gasteiger partial charge in [-0.3, -0.25) is 0 Å². The van der Waals surface area contributed by atoms with Crippen LogP contribution in [0.2, 0.25) is 0 Å². The molecular formula is C14H18N2O3. The third-order valence-electron chi connectivity index (χ3n) is 3.57. The summed E-state index contributed by atoms with van der Waals surface area (Å²) in [6.07, 6.45) is 3.32. The lowest BCUT2D eigenvalue weighted by Gasteiger charge is -2.17. The predicted octanol–water partition coefficient (Wildman–Crippen LogP) is 2.69. The van der Waals surface area contributed by atoms with E-state index in [1.54, 1.807) is 12.1 Å². The molecule has 1 fully saturated rings. The fourth-order valence-electron chi connectivity index (χ4n) is 2.39. The van der Waals surface area contributed by atoms with Crippen molar-refractivity contribution in [2.75, 3.05) is 5.32 Å². The molecule has 102 valence electrons. The normalized spacial score (nSPS) is 21.9. The maximum absolute atomic E-state index is 11.8. The van der Waals surface area contributed by atoms with Gasteiger partial charge in [0, 0.05) is 11.7 Å². The Hall–Kier alpha value is -2.04. The SMILES string of the molecule is CC1CCCC1NC(=O)Nc1ccc(C(=O)O)cc1. The van der Waals surface area contributed by atoms with E-state index in [1.807, 2.05) is 0 Å². The molecule has 0 spiro atoms. The summed E-state index contributed by atoms with van der Waals surface area (Å²) in [5, 5.41) is 14.4. The molecule has 2 rings (SSSR count). The van der Waals surface area contributed by atoms with Crippen molar-refractivity contribution < 1.29 is 14.7 Å². The second kappa shape index (κ2) is 5.73. The van der Waals surface area contributed by atoms with Gasteiger partial charge in [0.2, 0.25) is 0 Å². The van der Waals surface area contributed by atoms with Gasteiger partial charge in [-0.1, -0.05) is 13.3 Å². The lowest BCUT2D eigenvalue weighted by molar-refractivity contribution is 0.0697. The predicted molar refractivity (Wildman–Crippen MR) is 72.4 cm³/mol. The first-order valence-electron chi connectivity index (χ1n) is 6.47. The summed E-state index contributed by atoms with van der Waals surface area (Å²) in [4.78, 5) is 22.5. The van der Waals surface area contributed by atoms with Gasteiger partial charge in [-0.2, -0.15) is 0 Å². The summed E-state index contributed by atoms with van der Waals surface area (Å²) in [5.74, 6) is -0.462. The summed E-state index contributed by atoms with van der Waals surface area (Å²) < 4.78 is 0. The van der Waals surface area contributed by atoms with Gasteiger partial charge < -0.3 is 15.7 Å². The number of aromatic carboxylic acids is 1. The van der Waals surface area contributed by atoms with Gasteiger partial charge in [-0.15, -0.1) is 0 Å². The van der Waals surface area contributed by atoms with Crippen LogP contribution in [-0.4, -0.2) is 23.1 Å². The van der Waals surface area contributed by atoms with Crippen molar-refractivity contribution in [2.24, 2.45) is 5.92 Å². The number of urea groups is 1. The van der Waals surface area contributed by atoms with E-state index in [-0.39, 0.29) is 17.6 Å². The van der Waals surface area contributed by atoms with E-state index in [2.05, 4.69) is 17.6 Å².